The standard InChI is InChI=1S/C14H16.4C2H6/c1-9-7-12(4)14-11(3)6-5-10(2)13(14)8-9;4*1-2/h5-8H,1-4H3;4*1-2H3. The molecule has 0 saturated heterocycles. The SMILES string of the molecule is CC.CC.CC.CC.Cc1cc(C)c2c(C)ccc(C)c2c1. The predicted molar refractivity (Wildman–Crippen MR) is 108 cm³/mol. The van der Waals surface area contributed by atoms with Crippen molar-refractivity contribution in [3.8, 4) is 0 Å². The molecule has 0 nitrogen and oxygen atoms in total. The van der Waals surface area contributed by atoms with Crippen molar-refractivity contribution >= 4 is 10.8 Å². The third-order valence-electron chi connectivity index (χ3n) is 2.88. The zero-order valence-corrected chi connectivity index (χ0v) is 17.3. The summed E-state index contributed by atoms with van der Waals surface area (Å²) in [5.41, 5.74) is 5.49. The third-order valence-corrected chi connectivity index (χ3v) is 2.88. The average Bonchev–Trinajstić information content (AvgIpc) is 2.58. The Kier molecular flexibility index (Phi) is 18.7. The van der Waals surface area contributed by atoms with Gasteiger partial charge in [0, 0.05) is 0 Å². The molecule has 0 N–H and O–H groups in total. The summed E-state index contributed by atoms with van der Waals surface area (Å²) in [6.45, 7) is 24.7. The first-order valence-electron chi connectivity index (χ1n) is 9.07. The summed E-state index contributed by atoms with van der Waals surface area (Å²) >= 11 is 0. The average molecular weight is 305 g/mol. The summed E-state index contributed by atoms with van der Waals surface area (Å²) in [6.07, 6.45) is 0. The first-order valence-corrected chi connectivity index (χ1v) is 9.07. The molecule has 0 radical (unpaired) electrons. The Morgan fingerprint density at radius 3 is 1.36 bits per heavy atom. The van der Waals surface area contributed by atoms with Crippen LogP contribution in [-0.4, -0.2) is 0 Å². The Morgan fingerprint density at radius 1 is 0.500 bits per heavy atom. The Labute approximate surface area is 141 Å². The van der Waals surface area contributed by atoms with Crippen molar-refractivity contribution in [1.29, 1.82) is 0 Å². The predicted octanol–water partition coefficient (Wildman–Crippen LogP) is 8.18. The second-order valence-electron chi connectivity index (χ2n) is 4.20. The fraction of sp³-hybridized carbons (Fsp3) is 0.545. The minimum absolute atomic E-state index is 1.35. The van der Waals surface area contributed by atoms with Gasteiger partial charge in [-0.1, -0.05) is 85.2 Å². The van der Waals surface area contributed by atoms with Gasteiger partial charge in [-0.05, 0) is 55.2 Å². The van der Waals surface area contributed by atoms with E-state index in [-0.39, 0.29) is 0 Å². The smallest absolute Gasteiger partial charge is 0.0123 e. The summed E-state index contributed by atoms with van der Waals surface area (Å²) in [5, 5.41) is 2.83. The molecule has 2 aromatic carbocycles. The van der Waals surface area contributed by atoms with Crippen molar-refractivity contribution in [3.63, 3.8) is 0 Å². The highest BCUT2D eigenvalue weighted by Gasteiger charge is 2.03. The van der Waals surface area contributed by atoms with Gasteiger partial charge in [0.25, 0.3) is 0 Å². The molecular weight excluding hydrogens is 264 g/mol. The van der Waals surface area contributed by atoms with E-state index in [0.717, 1.165) is 0 Å². The van der Waals surface area contributed by atoms with Crippen molar-refractivity contribution in [2.45, 2.75) is 83.1 Å². The van der Waals surface area contributed by atoms with E-state index in [4.69, 9.17) is 0 Å². The minimum atomic E-state index is 1.35. The number of rotatable bonds is 0. The van der Waals surface area contributed by atoms with E-state index in [9.17, 15) is 0 Å². The minimum Gasteiger partial charge on any atom is -0.0683 e. The van der Waals surface area contributed by atoms with Gasteiger partial charge < -0.3 is 0 Å². The lowest BCUT2D eigenvalue weighted by Crippen LogP contribution is -1.87. The molecule has 22 heavy (non-hydrogen) atoms. The monoisotopic (exact) mass is 304 g/mol. The van der Waals surface area contributed by atoms with Crippen LogP contribution < -0.4 is 0 Å². The number of benzene rings is 2. The van der Waals surface area contributed by atoms with Crippen molar-refractivity contribution in [2.75, 3.05) is 0 Å². The zero-order chi connectivity index (χ0) is 18.3. The lowest BCUT2D eigenvalue weighted by atomic mass is 9.95. The fourth-order valence-corrected chi connectivity index (χ4v) is 2.23. The molecule has 0 heterocycles. The van der Waals surface area contributed by atoms with Crippen LogP contribution >= 0.6 is 0 Å². The van der Waals surface area contributed by atoms with Crippen molar-refractivity contribution in [3.05, 3.63) is 46.5 Å². The normalized spacial score (nSPS) is 8.00. The number of hydrogen-bond acceptors (Lipinski definition) is 0. The third kappa shape index (κ3) is 7.64. The second kappa shape index (κ2) is 16.1. The van der Waals surface area contributed by atoms with Crippen LogP contribution in [0.15, 0.2) is 24.3 Å². The molecule has 0 fully saturated rings. The van der Waals surface area contributed by atoms with E-state index in [0.29, 0.717) is 0 Å². The van der Waals surface area contributed by atoms with Crippen LogP contribution in [0.25, 0.3) is 10.8 Å². The summed E-state index contributed by atoms with van der Waals surface area (Å²) in [7, 11) is 0. The summed E-state index contributed by atoms with van der Waals surface area (Å²) < 4.78 is 0. The van der Waals surface area contributed by atoms with Gasteiger partial charge in [-0.25, -0.2) is 0 Å². The first-order chi connectivity index (χ1) is 10.6. The molecule has 0 saturated carbocycles. The highest BCUT2D eigenvalue weighted by Crippen LogP contribution is 2.26. The molecule has 0 atom stereocenters. The van der Waals surface area contributed by atoms with Gasteiger partial charge in [0.2, 0.25) is 0 Å². The van der Waals surface area contributed by atoms with Gasteiger partial charge in [-0.15, -0.1) is 0 Å². The maximum Gasteiger partial charge on any atom is -0.0123 e. The summed E-state index contributed by atoms with van der Waals surface area (Å²) in [6, 6.07) is 8.95. The molecule has 0 aliphatic heterocycles. The zero-order valence-electron chi connectivity index (χ0n) is 17.3. The Morgan fingerprint density at radius 2 is 0.909 bits per heavy atom. The quantitative estimate of drug-likeness (QED) is 0.460. The highest BCUT2D eigenvalue weighted by molar-refractivity contribution is 5.91. The Balaban J connectivity index is -0.000000394. The van der Waals surface area contributed by atoms with Gasteiger partial charge in [0.1, 0.15) is 0 Å². The topological polar surface area (TPSA) is 0 Å². The van der Waals surface area contributed by atoms with Crippen LogP contribution in [-0.2, 0) is 0 Å². The van der Waals surface area contributed by atoms with Crippen LogP contribution in [0.3, 0.4) is 0 Å². The maximum atomic E-state index is 2.28. The molecule has 0 aromatic heterocycles. The first kappa shape index (κ1) is 25.6. The molecule has 0 aliphatic rings. The van der Waals surface area contributed by atoms with Gasteiger partial charge in [0.05, 0.1) is 0 Å². The van der Waals surface area contributed by atoms with E-state index in [1.54, 1.807) is 0 Å². The van der Waals surface area contributed by atoms with Crippen LogP contribution in [0, 0.1) is 27.7 Å². The van der Waals surface area contributed by atoms with E-state index in [1.165, 1.54) is 33.0 Å². The van der Waals surface area contributed by atoms with Crippen molar-refractivity contribution < 1.29 is 0 Å². The van der Waals surface area contributed by atoms with E-state index < -0.39 is 0 Å². The molecule has 2 rings (SSSR count). The van der Waals surface area contributed by atoms with Gasteiger partial charge in [-0.2, -0.15) is 0 Å². The number of aryl methyl sites for hydroxylation is 4. The Bertz CT molecular complexity index is 493. The molecule has 0 amide bonds. The fourth-order valence-electron chi connectivity index (χ4n) is 2.23. The van der Waals surface area contributed by atoms with E-state index in [2.05, 4.69) is 52.0 Å². The van der Waals surface area contributed by atoms with E-state index >= 15 is 0 Å². The molecule has 128 valence electrons. The van der Waals surface area contributed by atoms with E-state index in [1.807, 2.05) is 55.4 Å². The molecular formula is C22H40. The second-order valence-corrected chi connectivity index (χ2v) is 4.20. The van der Waals surface area contributed by atoms with Gasteiger partial charge >= 0.3 is 0 Å². The highest BCUT2D eigenvalue weighted by atomic mass is 14.1. The molecule has 2 aromatic rings. The number of fused-ring (bicyclic) bond motifs is 1. The lowest BCUT2D eigenvalue weighted by molar-refractivity contribution is 1.38. The maximum absolute atomic E-state index is 2.28. The number of hydrogen-bond donors (Lipinski definition) is 0. The van der Waals surface area contributed by atoms with Gasteiger partial charge in [0.15, 0.2) is 0 Å². The van der Waals surface area contributed by atoms with Crippen LogP contribution in [0.2, 0.25) is 0 Å². The summed E-state index contributed by atoms with van der Waals surface area (Å²) in [4.78, 5) is 0. The summed E-state index contributed by atoms with van der Waals surface area (Å²) in [5.74, 6) is 0. The van der Waals surface area contributed by atoms with Crippen LogP contribution in [0.1, 0.15) is 77.6 Å². The molecule has 0 heteroatoms. The molecule has 0 aliphatic carbocycles. The Hall–Kier alpha value is -1.30. The van der Waals surface area contributed by atoms with Crippen LogP contribution in [0.4, 0.5) is 0 Å². The molecule has 0 unspecified atom stereocenters. The molecule has 0 spiro atoms. The lowest BCUT2D eigenvalue weighted by Gasteiger charge is -2.09. The van der Waals surface area contributed by atoms with Gasteiger partial charge in [-0.3, -0.25) is 0 Å². The van der Waals surface area contributed by atoms with Crippen LogP contribution in [0.5, 0.6) is 0 Å². The van der Waals surface area contributed by atoms with Crippen molar-refractivity contribution in [2.24, 2.45) is 0 Å². The largest absolute Gasteiger partial charge is 0.0683 e. The van der Waals surface area contributed by atoms with Crippen molar-refractivity contribution in [1.82, 2.24) is 0 Å². The molecule has 0 bridgehead atoms.